The summed E-state index contributed by atoms with van der Waals surface area (Å²) in [6, 6.07) is 0.392. The van der Waals surface area contributed by atoms with Gasteiger partial charge in [-0.2, -0.15) is 5.10 Å². The van der Waals surface area contributed by atoms with E-state index in [2.05, 4.69) is 12.0 Å². The van der Waals surface area contributed by atoms with E-state index < -0.39 is 0 Å². The highest BCUT2D eigenvalue weighted by atomic mass is 16.2. The Hall–Kier alpha value is -1.32. The summed E-state index contributed by atoms with van der Waals surface area (Å²) in [5.74, 6) is 0.251. The maximum Gasteiger partial charge on any atom is 0.227 e. The number of piperidine rings is 1. The molecule has 1 atom stereocenters. The van der Waals surface area contributed by atoms with Gasteiger partial charge in [-0.3, -0.25) is 9.48 Å². The molecular weight excluding hydrogens is 226 g/mol. The zero-order valence-electron chi connectivity index (χ0n) is 11.9. The van der Waals surface area contributed by atoms with Gasteiger partial charge in [-0.15, -0.1) is 0 Å². The summed E-state index contributed by atoms with van der Waals surface area (Å²) in [6.45, 7) is 7.08. The van der Waals surface area contributed by atoms with Crippen molar-refractivity contribution in [2.75, 3.05) is 6.54 Å². The number of rotatable bonds is 2. The van der Waals surface area contributed by atoms with Crippen LogP contribution in [-0.4, -0.2) is 33.2 Å². The largest absolute Gasteiger partial charge is 0.340 e. The predicted octanol–water partition coefficient (Wildman–Crippen LogP) is 1.98. The highest BCUT2D eigenvalue weighted by Gasteiger charge is 2.24. The molecular formula is C14H23N3O. The van der Waals surface area contributed by atoms with Gasteiger partial charge in [0.2, 0.25) is 5.91 Å². The highest BCUT2D eigenvalue weighted by Crippen LogP contribution is 2.19. The van der Waals surface area contributed by atoms with Crippen LogP contribution in [0.4, 0.5) is 0 Å². The Morgan fingerprint density at radius 2 is 2.11 bits per heavy atom. The fourth-order valence-corrected chi connectivity index (χ4v) is 2.79. The summed E-state index contributed by atoms with van der Waals surface area (Å²) in [5, 5.41) is 4.37. The zero-order chi connectivity index (χ0) is 13.3. The summed E-state index contributed by atoms with van der Waals surface area (Å²) in [6.07, 6.45) is 4.02. The van der Waals surface area contributed by atoms with Crippen molar-refractivity contribution < 1.29 is 4.79 Å². The van der Waals surface area contributed by atoms with Gasteiger partial charge in [0.15, 0.2) is 0 Å². The third-order valence-corrected chi connectivity index (χ3v) is 4.11. The van der Waals surface area contributed by atoms with Gasteiger partial charge in [-0.05, 0) is 40.0 Å². The summed E-state index contributed by atoms with van der Waals surface area (Å²) in [7, 11) is 1.93. The Bertz CT molecular complexity index is 450. The molecule has 1 aliphatic rings. The minimum absolute atomic E-state index is 0.251. The molecule has 0 aliphatic carbocycles. The molecule has 4 nitrogen and oxygen atoms in total. The van der Waals surface area contributed by atoms with Crippen LogP contribution in [0.5, 0.6) is 0 Å². The van der Waals surface area contributed by atoms with E-state index in [-0.39, 0.29) is 5.91 Å². The molecule has 0 radical (unpaired) electrons. The van der Waals surface area contributed by atoms with Crippen molar-refractivity contribution >= 4 is 5.91 Å². The molecule has 18 heavy (non-hydrogen) atoms. The van der Waals surface area contributed by atoms with E-state index in [0.29, 0.717) is 12.5 Å². The van der Waals surface area contributed by atoms with Crippen molar-refractivity contribution in [2.24, 2.45) is 7.05 Å². The first-order valence-electron chi connectivity index (χ1n) is 6.79. The van der Waals surface area contributed by atoms with Crippen molar-refractivity contribution in [3.8, 4) is 0 Å². The third kappa shape index (κ3) is 2.42. The number of aryl methyl sites for hydroxylation is 2. The van der Waals surface area contributed by atoms with Crippen LogP contribution in [0.2, 0.25) is 0 Å². The molecule has 1 aliphatic heterocycles. The Labute approximate surface area is 109 Å². The van der Waals surface area contributed by atoms with Gasteiger partial charge in [0.25, 0.3) is 0 Å². The van der Waals surface area contributed by atoms with Crippen LogP contribution in [0.3, 0.4) is 0 Å². The Morgan fingerprint density at radius 1 is 1.39 bits per heavy atom. The van der Waals surface area contributed by atoms with Gasteiger partial charge in [0.05, 0.1) is 12.1 Å². The Morgan fingerprint density at radius 3 is 2.67 bits per heavy atom. The average Bonchev–Trinajstić information content (AvgIpc) is 2.56. The van der Waals surface area contributed by atoms with E-state index in [9.17, 15) is 4.79 Å². The molecule has 1 saturated heterocycles. The molecule has 1 amide bonds. The maximum atomic E-state index is 12.4. The van der Waals surface area contributed by atoms with Gasteiger partial charge in [-0.25, -0.2) is 0 Å². The summed E-state index contributed by atoms with van der Waals surface area (Å²) < 4.78 is 1.86. The van der Waals surface area contributed by atoms with Gasteiger partial charge >= 0.3 is 0 Å². The average molecular weight is 249 g/mol. The first-order chi connectivity index (χ1) is 8.50. The lowest BCUT2D eigenvalue weighted by molar-refractivity contribution is -0.133. The van der Waals surface area contributed by atoms with E-state index in [1.54, 1.807) is 0 Å². The minimum atomic E-state index is 0.251. The number of hydrogen-bond acceptors (Lipinski definition) is 2. The second-order valence-electron chi connectivity index (χ2n) is 5.38. The molecule has 0 N–H and O–H groups in total. The molecule has 1 unspecified atom stereocenters. The molecule has 2 rings (SSSR count). The topological polar surface area (TPSA) is 38.1 Å². The van der Waals surface area contributed by atoms with Crippen LogP contribution < -0.4 is 0 Å². The van der Waals surface area contributed by atoms with Crippen molar-refractivity contribution in [3.05, 3.63) is 17.0 Å². The maximum absolute atomic E-state index is 12.4. The molecule has 1 aromatic rings. The van der Waals surface area contributed by atoms with Gasteiger partial charge < -0.3 is 4.90 Å². The molecule has 1 fully saturated rings. The standard InChI is InChI=1S/C14H23N3O/c1-10-7-5-6-8-17(10)14(18)9-13-11(2)15-16(4)12(13)3/h10H,5-9H2,1-4H3. The van der Waals surface area contributed by atoms with E-state index >= 15 is 0 Å². The lowest BCUT2D eigenvalue weighted by Crippen LogP contribution is -2.42. The summed E-state index contributed by atoms with van der Waals surface area (Å²) in [5.41, 5.74) is 3.18. The number of likely N-dealkylation sites (tertiary alicyclic amines) is 1. The third-order valence-electron chi connectivity index (χ3n) is 4.11. The zero-order valence-corrected chi connectivity index (χ0v) is 11.9. The van der Waals surface area contributed by atoms with E-state index in [1.165, 1.54) is 6.42 Å². The van der Waals surface area contributed by atoms with Crippen molar-refractivity contribution in [2.45, 2.75) is 52.5 Å². The molecule has 0 saturated carbocycles. The molecule has 1 aromatic heterocycles. The molecule has 100 valence electrons. The molecule has 0 spiro atoms. The lowest BCUT2D eigenvalue weighted by Gasteiger charge is -2.33. The first kappa shape index (κ1) is 13.1. The van der Waals surface area contributed by atoms with Crippen molar-refractivity contribution in [3.63, 3.8) is 0 Å². The van der Waals surface area contributed by atoms with Crippen LogP contribution in [0.15, 0.2) is 0 Å². The van der Waals surface area contributed by atoms with Gasteiger partial charge in [-0.1, -0.05) is 0 Å². The quantitative estimate of drug-likeness (QED) is 0.804. The van der Waals surface area contributed by atoms with Crippen molar-refractivity contribution in [1.82, 2.24) is 14.7 Å². The van der Waals surface area contributed by atoms with Crippen LogP contribution in [0.1, 0.15) is 43.1 Å². The molecule has 0 aromatic carbocycles. The van der Waals surface area contributed by atoms with Crippen molar-refractivity contribution in [1.29, 1.82) is 0 Å². The minimum Gasteiger partial charge on any atom is -0.340 e. The fraction of sp³-hybridized carbons (Fsp3) is 0.714. The normalized spacial score (nSPS) is 20.2. The summed E-state index contributed by atoms with van der Waals surface area (Å²) >= 11 is 0. The van der Waals surface area contributed by atoms with Crippen LogP contribution in [0.25, 0.3) is 0 Å². The van der Waals surface area contributed by atoms with Crippen LogP contribution in [0, 0.1) is 13.8 Å². The van der Waals surface area contributed by atoms with E-state index in [1.807, 2.05) is 30.5 Å². The Kier molecular flexibility index (Phi) is 3.73. The fourth-order valence-electron chi connectivity index (χ4n) is 2.79. The summed E-state index contributed by atoms with van der Waals surface area (Å²) in [4.78, 5) is 14.4. The van der Waals surface area contributed by atoms with E-state index in [4.69, 9.17) is 0 Å². The highest BCUT2D eigenvalue weighted by molar-refractivity contribution is 5.79. The number of carbonyl (C=O) groups is 1. The monoisotopic (exact) mass is 249 g/mol. The first-order valence-corrected chi connectivity index (χ1v) is 6.79. The molecule has 0 bridgehead atoms. The predicted molar refractivity (Wildman–Crippen MR) is 71.4 cm³/mol. The number of amides is 1. The number of carbonyl (C=O) groups excluding carboxylic acids is 1. The second-order valence-corrected chi connectivity index (χ2v) is 5.38. The number of hydrogen-bond donors (Lipinski definition) is 0. The SMILES string of the molecule is Cc1nn(C)c(C)c1CC(=O)N1CCCCC1C. The molecule has 2 heterocycles. The van der Waals surface area contributed by atoms with Crippen LogP contribution in [-0.2, 0) is 18.3 Å². The van der Waals surface area contributed by atoms with Gasteiger partial charge in [0, 0.05) is 30.9 Å². The smallest absolute Gasteiger partial charge is 0.227 e. The van der Waals surface area contributed by atoms with Gasteiger partial charge in [0.1, 0.15) is 0 Å². The Balaban J connectivity index is 2.11. The lowest BCUT2D eigenvalue weighted by atomic mass is 10.0. The van der Waals surface area contributed by atoms with Crippen LogP contribution >= 0.6 is 0 Å². The number of nitrogens with zero attached hydrogens (tertiary/aromatic N) is 3. The number of aromatic nitrogens is 2. The van der Waals surface area contributed by atoms with E-state index in [0.717, 1.165) is 36.3 Å². The molecule has 4 heteroatoms. The second kappa shape index (κ2) is 5.12.